The molecule has 1 aromatic carbocycles. The molecule has 5 nitrogen and oxygen atoms in total. The van der Waals surface area contributed by atoms with Gasteiger partial charge in [-0.2, -0.15) is 5.10 Å². The van der Waals surface area contributed by atoms with E-state index < -0.39 is 11.7 Å². The van der Waals surface area contributed by atoms with Crippen LogP contribution in [0.1, 0.15) is 21.6 Å². The van der Waals surface area contributed by atoms with Crippen molar-refractivity contribution < 1.29 is 9.18 Å². The zero-order valence-electron chi connectivity index (χ0n) is 11.0. The summed E-state index contributed by atoms with van der Waals surface area (Å²) in [6, 6.07) is 4.32. The van der Waals surface area contributed by atoms with Crippen molar-refractivity contribution in [3.05, 3.63) is 40.8 Å². The Balaban J connectivity index is 2.28. The lowest BCUT2D eigenvalue weighted by molar-refractivity contribution is 0.102. The summed E-state index contributed by atoms with van der Waals surface area (Å²) in [5, 5.41) is 6.72. The monoisotopic (exact) mass is 262 g/mol. The summed E-state index contributed by atoms with van der Waals surface area (Å²) in [6.45, 7) is 3.38. The minimum Gasteiger partial charge on any atom is -0.394 e. The summed E-state index contributed by atoms with van der Waals surface area (Å²) in [6.07, 6.45) is 0. The molecule has 1 aromatic heterocycles. The Morgan fingerprint density at radius 1 is 1.42 bits per heavy atom. The van der Waals surface area contributed by atoms with Gasteiger partial charge in [0.25, 0.3) is 5.91 Å². The summed E-state index contributed by atoms with van der Waals surface area (Å²) < 4.78 is 14.9. The van der Waals surface area contributed by atoms with Crippen LogP contribution in [0.4, 0.5) is 15.9 Å². The van der Waals surface area contributed by atoms with Crippen LogP contribution in [0.5, 0.6) is 0 Å². The highest BCUT2D eigenvalue weighted by Crippen LogP contribution is 2.21. The molecule has 0 saturated heterocycles. The van der Waals surface area contributed by atoms with Crippen LogP contribution in [0.2, 0.25) is 0 Å². The third-order valence-electron chi connectivity index (χ3n) is 2.93. The first-order valence-corrected chi connectivity index (χ1v) is 5.76. The number of anilines is 2. The van der Waals surface area contributed by atoms with E-state index >= 15 is 0 Å². The molecule has 2 aromatic rings. The average molecular weight is 262 g/mol. The SMILES string of the molecule is Cc1ccc(C(=O)Nc2c(N)c(C)nn2C)cc1F. The van der Waals surface area contributed by atoms with Crippen LogP contribution >= 0.6 is 0 Å². The largest absolute Gasteiger partial charge is 0.394 e. The number of hydrogen-bond donors (Lipinski definition) is 2. The topological polar surface area (TPSA) is 72.9 Å². The number of nitrogens with two attached hydrogens (primary N) is 1. The summed E-state index contributed by atoms with van der Waals surface area (Å²) >= 11 is 0. The molecule has 6 heteroatoms. The molecule has 19 heavy (non-hydrogen) atoms. The molecule has 0 atom stereocenters. The minimum atomic E-state index is -0.423. The van der Waals surface area contributed by atoms with Gasteiger partial charge in [-0.3, -0.25) is 9.48 Å². The summed E-state index contributed by atoms with van der Waals surface area (Å²) in [7, 11) is 1.68. The first-order valence-electron chi connectivity index (χ1n) is 5.76. The molecule has 0 saturated carbocycles. The number of nitrogen functional groups attached to an aromatic ring is 1. The van der Waals surface area contributed by atoms with E-state index in [0.717, 1.165) is 0 Å². The zero-order chi connectivity index (χ0) is 14.2. The van der Waals surface area contributed by atoms with Crippen molar-refractivity contribution in [1.82, 2.24) is 9.78 Å². The van der Waals surface area contributed by atoms with E-state index in [9.17, 15) is 9.18 Å². The normalized spacial score (nSPS) is 10.5. The number of aryl methyl sites for hydroxylation is 3. The number of hydrogen-bond acceptors (Lipinski definition) is 3. The van der Waals surface area contributed by atoms with Gasteiger partial charge in [0.1, 0.15) is 5.82 Å². The summed E-state index contributed by atoms with van der Waals surface area (Å²) in [5.41, 5.74) is 7.58. The van der Waals surface area contributed by atoms with Crippen LogP contribution in [0, 0.1) is 19.7 Å². The van der Waals surface area contributed by atoms with Crippen LogP contribution in [0.25, 0.3) is 0 Å². The third-order valence-corrected chi connectivity index (χ3v) is 2.93. The molecule has 0 aliphatic carbocycles. The number of carbonyl (C=O) groups excluding carboxylic acids is 1. The van der Waals surface area contributed by atoms with Gasteiger partial charge in [0.05, 0.1) is 11.4 Å². The molecule has 0 aliphatic rings. The number of amides is 1. The molecule has 0 aliphatic heterocycles. The van der Waals surface area contributed by atoms with E-state index in [1.54, 1.807) is 33.0 Å². The highest BCUT2D eigenvalue weighted by atomic mass is 19.1. The first kappa shape index (κ1) is 13.1. The second kappa shape index (κ2) is 4.72. The van der Waals surface area contributed by atoms with Gasteiger partial charge in [0.15, 0.2) is 5.82 Å². The van der Waals surface area contributed by atoms with E-state index in [2.05, 4.69) is 10.4 Å². The van der Waals surface area contributed by atoms with Crippen LogP contribution in [-0.2, 0) is 7.05 Å². The Hall–Kier alpha value is -2.37. The summed E-state index contributed by atoms with van der Waals surface area (Å²) in [5.74, 6) is -0.432. The highest BCUT2D eigenvalue weighted by Gasteiger charge is 2.15. The third kappa shape index (κ3) is 2.42. The molecule has 0 radical (unpaired) electrons. The van der Waals surface area contributed by atoms with Crippen molar-refractivity contribution in [2.75, 3.05) is 11.1 Å². The number of aromatic nitrogens is 2. The van der Waals surface area contributed by atoms with Crippen molar-refractivity contribution in [3.63, 3.8) is 0 Å². The number of rotatable bonds is 2. The van der Waals surface area contributed by atoms with Crippen molar-refractivity contribution in [2.24, 2.45) is 7.05 Å². The molecule has 2 rings (SSSR count). The molecule has 0 spiro atoms. The number of nitrogens with one attached hydrogen (secondary N) is 1. The Labute approximate surface area is 110 Å². The lowest BCUT2D eigenvalue weighted by atomic mass is 10.1. The van der Waals surface area contributed by atoms with Gasteiger partial charge in [-0.15, -0.1) is 0 Å². The van der Waals surface area contributed by atoms with Gasteiger partial charge in [-0.25, -0.2) is 4.39 Å². The van der Waals surface area contributed by atoms with Gasteiger partial charge >= 0.3 is 0 Å². The molecule has 0 unspecified atom stereocenters. The smallest absolute Gasteiger partial charge is 0.256 e. The van der Waals surface area contributed by atoms with Gasteiger partial charge in [-0.05, 0) is 31.5 Å². The number of nitrogens with zero attached hydrogens (tertiary/aromatic N) is 2. The molecule has 1 amide bonds. The molecular weight excluding hydrogens is 247 g/mol. The van der Waals surface area contributed by atoms with E-state index in [1.807, 2.05) is 0 Å². The quantitative estimate of drug-likeness (QED) is 0.869. The van der Waals surface area contributed by atoms with Crippen molar-refractivity contribution in [2.45, 2.75) is 13.8 Å². The fraction of sp³-hybridized carbons (Fsp3) is 0.231. The zero-order valence-corrected chi connectivity index (χ0v) is 11.0. The van der Waals surface area contributed by atoms with Gasteiger partial charge in [-0.1, -0.05) is 6.07 Å². The van der Waals surface area contributed by atoms with Gasteiger partial charge in [0, 0.05) is 12.6 Å². The number of halogens is 1. The maximum Gasteiger partial charge on any atom is 0.256 e. The van der Waals surface area contributed by atoms with E-state index in [0.29, 0.717) is 22.8 Å². The van der Waals surface area contributed by atoms with Crippen molar-refractivity contribution in [1.29, 1.82) is 0 Å². The lowest BCUT2D eigenvalue weighted by Gasteiger charge is -2.07. The van der Waals surface area contributed by atoms with Crippen LogP contribution in [0.15, 0.2) is 18.2 Å². The Bertz CT molecular complexity index is 648. The summed E-state index contributed by atoms with van der Waals surface area (Å²) in [4.78, 5) is 12.0. The predicted molar refractivity (Wildman–Crippen MR) is 71.4 cm³/mol. The Kier molecular flexibility index (Phi) is 3.25. The minimum absolute atomic E-state index is 0.237. The van der Waals surface area contributed by atoms with E-state index in [1.165, 1.54) is 10.7 Å². The lowest BCUT2D eigenvalue weighted by Crippen LogP contribution is -2.16. The molecule has 1 heterocycles. The molecule has 0 fully saturated rings. The van der Waals surface area contributed by atoms with Crippen LogP contribution in [0.3, 0.4) is 0 Å². The predicted octanol–water partition coefficient (Wildman–Crippen LogP) is 2.01. The second-order valence-corrected chi connectivity index (χ2v) is 4.39. The van der Waals surface area contributed by atoms with Gasteiger partial charge < -0.3 is 11.1 Å². The Morgan fingerprint density at radius 3 is 2.63 bits per heavy atom. The molecule has 100 valence electrons. The fourth-order valence-corrected chi connectivity index (χ4v) is 1.74. The van der Waals surface area contributed by atoms with Crippen molar-refractivity contribution >= 4 is 17.4 Å². The van der Waals surface area contributed by atoms with Crippen LogP contribution < -0.4 is 11.1 Å². The number of benzene rings is 1. The molecule has 3 N–H and O–H groups in total. The van der Waals surface area contributed by atoms with E-state index in [-0.39, 0.29) is 5.56 Å². The standard InChI is InChI=1S/C13H15FN4O/c1-7-4-5-9(6-10(7)14)13(19)16-12-11(15)8(2)17-18(12)3/h4-6H,15H2,1-3H3,(H,16,19). The molecule has 0 bridgehead atoms. The van der Waals surface area contributed by atoms with Crippen LogP contribution in [-0.4, -0.2) is 15.7 Å². The number of carbonyl (C=O) groups is 1. The first-order chi connectivity index (χ1) is 8.90. The van der Waals surface area contributed by atoms with Gasteiger partial charge in [0.2, 0.25) is 0 Å². The Morgan fingerprint density at radius 2 is 2.11 bits per heavy atom. The van der Waals surface area contributed by atoms with E-state index in [4.69, 9.17) is 5.73 Å². The molecular formula is C13H15FN4O. The second-order valence-electron chi connectivity index (χ2n) is 4.39. The fourth-order valence-electron chi connectivity index (χ4n) is 1.74. The van der Waals surface area contributed by atoms with Crippen molar-refractivity contribution in [3.8, 4) is 0 Å². The average Bonchev–Trinajstić information content (AvgIpc) is 2.59. The highest BCUT2D eigenvalue weighted by molar-refractivity contribution is 6.05. The maximum absolute atomic E-state index is 13.4. The maximum atomic E-state index is 13.4.